The van der Waals surface area contributed by atoms with Crippen LogP contribution in [0.15, 0.2) is 35.3 Å². The molecule has 1 aromatic carbocycles. The number of guanidine groups is 1. The van der Waals surface area contributed by atoms with Gasteiger partial charge in [-0.25, -0.2) is 0 Å². The highest BCUT2D eigenvalue weighted by molar-refractivity contribution is 5.79. The van der Waals surface area contributed by atoms with Gasteiger partial charge < -0.3 is 15.4 Å². The maximum Gasteiger partial charge on any atom is 0.191 e. The maximum atomic E-state index is 5.37. The third kappa shape index (κ3) is 8.36. The molecule has 5 nitrogen and oxygen atoms in total. The molecule has 0 aliphatic heterocycles. The molecule has 0 aliphatic carbocycles. The average molecular weight is 349 g/mol. The molecule has 0 bridgehead atoms. The topological polar surface area (TPSA) is 48.9 Å². The summed E-state index contributed by atoms with van der Waals surface area (Å²) in [6.45, 7) is 11.9. The van der Waals surface area contributed by atoms with Gasteiger partial charge in [0.25, 0.3) is 0 Å². The molecule has 0 saturated carbocycles. The van der Waals surface area contributed by atoms with Crippen molar-refractivity contribution in [2.45, 2.75) is 39.7 Å². The molecule has 1 atom stereocenters. The molecule has 0 aromatic heterocycles. The zero-order valence-electron chi connectivity index (χ0n) is 16.4. The second kappa shape index (κ2) is 13.7. The molecule has 0 aliphatic rings. The number of nitrogens with one attached hydrogen (secondary N) is 2. The fourth-order valence-corrected chi connectivity index (χ4v) is 2.89. The Kier molecular flexibility index (Phi) is 11.7. The van der Waals surface area contributed by atoms with Gasteiger partial charge >= 0.3 is 0 Å². The molecule has 2 N–H and O–H groups in total. The van der Waals surface area contributed by atoms with Crippen LogP contribution in [0.3, 0.4) is 0 Å². The standard InChI is InChI=1S/C20H36N4O/c1-5-24(6-2)19(18-13-9-8-10-14-18)17-23-20(21-4)22-15-11-12-16-25-7-3/h8-10,13-14,19H,5-7,11-12,15-17H2,1-4H3,(H2,21,22,23). The van der Waals surface area contributed by atoms with Crippen molar-refractivity contribution >= 4 is 5.96 Å². The second-order valence-corrected chi connectivity index (χ2v) is 5.93. The smallest absolute Gasteiger partial charge is 0.191 e. The lowest BCUT2D eigenvalue weighted by atomic mass is 10.1. The van der Waals surface area contributed by atoms with Crippen molar-refractivity contribution in [3.63, 3.8) is 0 Å². The van der Waals surface area contributed by atoms with Crippen molar-refractivity contribution in [1.82, 2.24) is 15.5 Å². The zero-order chi connectivity index (χ0) is 18.3. The van der Waals surface area contributed by atoms with E-state index in [1.807, 2.05) is 14.0 Å². The van der Waals surface area contributed by atoms with Gasteiger partial charge in [-0.15, -0.1) is 0 Å². The largest absolute Gasteiger partial charge is 0.382 e. The molecule has 0 fully saturated rings. The van der Waals surface area contributed by atoms with Gasteiger partial charge in [0.05, 0.1) is 6.04 Å². The van der Waals surface area contributed by atoms with E-state index in [0.29, 0.717) is 6.04 Å². The van der Waals surface area contributed by atoms with E-state index in [2.05, 4.69) is 64.7 Å². The van der Waals surface area contributed by atoms with E-state index in [4.69, 9.17) is 4.74 Å². The van der Waals surface area contributed by atoms with Crippen molar-refractivity contribution in [3.8, 4) is 0 Å². The summed E-state index contributed by atoms with van der Waals surface area (Å²) in [4.78, 5) is 6.81. The number of likely N-dealkylation sites (N-methyl/N-ethyl adjacent to an activating group) is 1. The molecule has 1 unspecified atom stereocenters. The van der Waals surface area contributed by atoms with Gasteiger partial charge in [0, 0.05) is 33.4 Å². The van der Waals surface area contributed by atoms with E-state index < -0.39 is 0 Å². The van der Waals surface area contributed by atoms with Crippen LogP contribution >= 0.6 is 0 Å². The van der Waals surface area contributed by atoms with E-state index in [1.54, 1.807) is 0 Å². The van der Waals surface area contributed by atoms with Crippen molar-refractivity contribution in [3.05, 3.63) is 35.9 Å². The first-order chi connectivity index (χ1) is 12.3. The lowest BCUT2D eigenvalue weighted by Crippen LogP contribution is -2.43. The van der Waals surface area contributed by atoms with Crippen molar-refractivity contribution in [2.75, 3.05) is 46.4 Å². The van der Waals surface area contributed by atoms with Crippen molar-refractivity contribution < 1.29 is 4.74 Å². The summed E-state index contributed by atoms with van der Waals surface area (Å²) in [6, 6.07) is 11.0. The Bertz CT molecular complexity index is 460. The number of ether oxygens (including phenoxy) is 1. The Balaban J connectivity index is 2.50. The van der Waals surface area contributed by atoms with Crippen LogP contribution in [0.25, 0.3) is 0 Å². The van der Waals surface area contributed by atoms with Gasteiger partial charge in [-0.1, -0.05) is 44.2 Å². The number of nitrogens with zero attached hydrogens (tertiary/aromatic N) is 2. The molecule has 5 heteroatoms. The monoisotopic (exact) mass is 348 g/mol. The van der Waals surface area contributed by atoms with Crippen LogP contribution < -0.4 is 10.6 Å². The summed E-state index contributed by atoms with van der Waals surface area (Å²) in [5, 5.41) is 6.88. The average Bonchev–Trinajstić information content (AvgIpc) is 2.66. The second-order valence-electron chi connectivity index (χ2n) is 5.93. The molecule has 0 saturated heterocycles. The molecule has 1 aromatic rings. The van der Waals surface area contributed by atoms with Crippen LogP contribution in [0.2, 0.25) is 0 Å². The van der Waals surface area contributed by atoms with Gasteiger partial charge in [0.15, 0.2) is 5.96 Å². The summed E-state index contributed by atoms with van der Waals surface area (Å²) in [5.41, 5.74) is 1.34. The highest BCUT2D eigenvalue weighted by atomic mass is 16.5. The number of unbranched alkanes of at least 4 members (excludes halogenated alkanes) is 1. The molecule has 0 amide bonds. The minimum Gasteiger partial charge on any atom is -0.382 e. The van der Waals surface area contributed by atoms with Crippen LogP contribution in [-0.2, 0) is 4.74 Å². The molecule has 0 spiro atoms. The molecule has 142 valence electrons. The van der Waals surface area contributed by atoms with Gasteiger partial charge in [0.1, 0.15) is 0 Å². The SMILES string of the molecule is CCOCCCCNC(=NC)NCC(c1ccccc1)N(CC)CC. The summed E-state index contributed by atoms with van der Waals surface area (Å²) >= 11 is 0. The van der Waals surface area contributed by atoms with Gasteiger partial charge in [-0.05, 0) is 38.4 Å². The Morgan fingerprint density at radius 2 is 1.80 bits per heavy atom. The molecular weight excluding hydrogens is 312 g/mol. The van der Waals surface area contributed by atoms with E-state index in [1.165, 1.54) is 5.56 Å². The molecule has 0 radical (unpaired) electrons. The lowest BCUT2D eigenvalue weighted by molar-refractivity contribution is 0.143. The number of hydrogen-bond acceptors (Lipinski definition) is 3. The number of aliphatic imine (C=N–C) groups is 1. The molecule has 25 heavy (non-hydrogen) atoms. The zero-order valence-corrected chi connectivity index (χ0v) is 16.4. The van der Waals surface area contributed by atoms with E-state index in [9.17, 15) is 0 Å². The van der Waals surface area contributed by atoms with Gasteiger partial charge in [0.2, 0.25) is 0 Å². The summed E-state index contributed by atoms with van der Waals surface area (Å²) in [6.07, 6.45) is 2.16. The number of hydrogen-bond donors (Lipinski definition) is 2. The quantitative estimate of drug-likeness (QED) is 0.346. The van der Waals surface area contributed by atoms with Crippen molar-refractivity contribution in [2.24, 2.45) is 4.99 Å². The number of rotatable bonds is 12. The normalized spacial score (nSPS) is 13.1. The fourth-order valence-electron chi connectivity index (χ4n) is 2.89. The highest BCUT2D eigenvalue weighted by Crippen LogP contribution is 2.19. The minimum atomic E-state index is 0.340. The first-order valence-corrected chi connectivity index (χ1v) is 9.57. The summed E-state index contributed by atoms with van der Waals surface area (Å²) in [5.74, 6) is 0.865. The maximum absolute atomic E-state index is 5.37. The Hall–Kier alpha value is -1.59. The summed E-state index contributed by atoms with van der Waals surface area (Å²) < 4.78 is 5.37. The first kappa shape index (κ1) is 21.5. The van der Waals surface area contributed by atoms with Crippen LogP contribution in [0.1, 0.15) is 45.2 Å². The summed E-state index contributed by atoms with van der Waals surface area (Å²) in [7, 11) is 1.82. The van der Waals surface area contributed by atoms with E-state index in [-0.39, 0.29) is 0 Å². The predicted molar refractivity (Wildman–Crippen MR) is 107 cm³/mol. The third-order valence-corrected chi connectivity index (χ3v) is 4.34. The highest BCUT2D eigenvalue weighted by Gasteiger charge is 2.17. The van der Waals surface area contributed by atoms with Crippen molar-refractivity contribution in [1.29, 1.82) is 0 Å². The lowest BCUT2D eigenvalue weighted by Gasteiger charge is -2.30. The predicted octanol–water partition coefficient (Wildman–Crippen LogP) is 3.05. The van der Waals surface area contributed by atoms with Crippen LogP contribution in [0.4, 0.5) is 0 Å². The Morgan fingerprint density at radius 3 is 2.40 bits per heavy atom. The fraction of sp³-hybridized carbons (Fsp3) is 0.650. The van der Waals surface area contributed by atoms with E-state index in [0.717, 1.165) is 58.2 Å². The molecular formula is C20H36N4O. The van der Waals surface area contributed by atoms with Gasteiger partial charge in [-0.3, -0.25) is 9.89 Å². The third-order valence-electron chi connectivity index (χ3n) is 4.34. The Labute approximate surface area is 153 Å². The van der Waals surface area contributed by atoms with Crippen LogP contribution in [0, 0.1) is 0 Å². The molecule has 1 rings (SSSR count). The van der Waals surface area contributed by atoms with Crippen LogP contribution in [-0.4, -0.2) is 57.3 Å². The minimum absolute atomic E-state index is 0.340. The van der Waals surface area contributed by atoms with Crippen LogP contribution in [0.5, 0.6) is 0 Å². The Morgan fingerprint density at radius 1 is 1.08 bits per heavy atom. The first-order valence-electron chi connectivity index (χ1n) is 9.57. The molecule has 0 heterocycles. The number of benzene rings is 1. The van der Waals surface area contributed by atoms with E-state index >= 15 is 0 Å². The van der Waals surface area contributed by atoms with Gasteiger partial charge in [-0.2, -0.15) is 0 Å².